The molecule has 2 aromatic heterocycles. The maximum absolute atomic E-state index is 13.9. The van der Waals surface area contributed by atoms with Crippen LogP contribution in [0.3, 0.4) is 0 Å². The Morgan fingerprint density at radius 2 is 1.92 bits per heavy atom. The maximum atomic E-state index is 13.9. The number of nitriles is 1. The Kier molecular flexibility index (Phi) is 7.16. The number of rotatable bonds is 8. The zero-order valence-electron chi connectivity index (χ0n) is 20.0. The molecule has 4 rings (SSSR count). The lowest BCUT2D eigenvalue weighted by Crippen LogP contribution is -2.33. The number of aromatic nitrogens is 3. The van der Waals surface area contributed by atoms with Crippen molar-refractivity contribution in [3.63, 3.8) is 0 Å². The van der Waals surface area contributed by atoms with Crippen LogP contribution in [-0.2, 0) is 6.54 Å². The molecule has 180 valence electrons. The van der Waals surface area contributed by atoms with E-state index in [1.54, 1.807) is 46.2 Å². The van der Waals surface area contributed by atoms with Gasteiger partial charge in [0.25, 0.3) is 11.6 Å². The Morgan fingerprint density at radius 1 is 1.14 bits per heavy atom. The fraction of sp³-hybridized carbons (Fsp3) is 0.185. The monoisotopic (exact) mass is 480 g/mol. The van der Waals surface area contributed by atoms with Gasteiger partial charge in [0.15, 0.2) is 0 Å². The van der Waals surface area contributed by atoms with E-state index < -0.39 is 4.92 Å². The molecule has 1 amide bonds. The van der Waals surface area contributed by atoms with Gasteiger partial charge in [-0.05, 0) is 55.3 Å². The zero-order chi connectivity index (χ0) is 25.7. The summed E-state index contributed by atoms with van der Waals surface area (Å²) in [6.07, 6.45) is 3.53. The number of nitro benzene ring substituents is 1. The van der Waals surface area contributed by atoms with Gasteiger partial charge in [0, 0.05) is 43.2 Å². The van der Waals surface area contributed by atoms with Gasteiger partial charge in [-0.25, -0.2) is 4.68 Å². The van der Waals surface area contributed by atoms with Crippen LogP contribution in [0, 0.1) is 35.3 Å². The highest BCUT2D eigenvalue weighted by Crippen LogP contribution is 2.26. The summed E-state index contributed by atoms with van der Waals surface area (Å²) in [4.78, 5) is 30.2. The second-order valence-electron chi connectivity index (χ2n) is 8.42. The molecule has 0 saturated heterocycles. The highest BCUT2D eigenvalue weighted by molar-refractivity contribution is 5.94. The molecular formula is C27H24N6O3. The second-order valence-corrected chi connectivity index (χ2v) is 8.42. The van der Waals surface area contributed by atoms with Gasteiger partial charge in [-0.2, -0.15) is 10.4 Å². The van der Waals surface area contributed by atoms with Crippen molar-refractivity contribution >= 4 is 11.6 Å². The summed E-state index contributed by atoms with van der Waals surface area (Å²) in [6.45, 7) is 4.48. The summed E-state index contributed by atoms with van der Waals surface area (Å²) in [7, 11) is 0. The Morgan fingerprint density at radius 3 is 2.56 bits per heavy atom. The van der Waals surface area contributed by atoms with Gasteiger partial charge < -0.3 is 4.90 Å². The normalized spacial score (nSPS) is 10.6. The lowest BCUT2D eigenvalue weighted by Gasteiger charge is -2.22. The number of amides is 1. The van der Waals surface area contributed by atoms with E-state index in [1.807, 2.05) is 38.1 Å². The highest BCUT2D eigenvalue weighted by atomic mass is 16.6. The fourth-order valence-corrected chi connectivity index (χ4v) is 3.97. The maximum Gasteiger partial charge on any atom is 0.272 e. The first-order valence-electron chi connectivity index (χ1n) is 11.3. The molecule has 0 fully saturated rings. The van der Waals surface area contributed by atoms with Gasteiger partial charge in [-0.1, -0.05) is 23.8 Å². The van der Waals surface area contributed by atoms with Gasteiger partial charge in [0.05, 0.1) is 28.8 Å². The minimum absolute atomic E-state index is 0.0250. The van der Waals surface area contributed by atoms with Crippen molar-refractivity contribution < 1.29 is 9.72 Å². The van der Waals surface area contributed by atoms with Crippen LogP contribution in [0.1, 0.15) is 33.6 Å². The molecule has 0 aliphatic carbocycles. The summed E-state index contributed by atoms with van der Waals surface area (Å²) in [5, 5.41) is 25.0. The van der Waals surface area contributed by atoms with E-state index in [0.717, 1.165) is 22.4 Å². The Bertz CT molecular complexity index is 1440. The van der Waals surface area contributed by atoms with Crippen LogP contribution in [0.25, 0.3) is 16.9 Å². The molecule has 0 atom stereocenters. The van der Waals surface area contributed by atoms with Crippen LogP contribution in [0.5, 0.6) is 0 Å². The molecule has 0 saturated carbocycles. The van der Waals surface area contributed by atoms with Crippen molar-refractivity contribution in [1.82, 2.24) is 19.7 Å². The van der Waals surface area contributed by atoms with Crippen LogP contribution in [0.4, 0.5) is 5.69 Å². The number of hydrogen-bond acceptors (Lipinski definition) is 6. The van der Waals surface area contributed by atoms with Crippen LogP contribution >= 0.6 is 0 Å². The predicted molar refractivity (Wildman–Crippen MR) is 134 cm³/mol. The van der Waals surface area contributed by atoms with Gasteiger partial charge in [-0.3, -0.25) is 19.9 Å². The third kappa shape index (κ3) is 5.28. The second kappa shape index (κ2) is 10.6. The first kappa shape index (κ1) is 24.3. The van der Waals surface area contributed by atoms with Crippen molar-refractivity contribution in [2.45, 2.75) is 26.8 Å². The van der Waals surface area contributed by atoms with Crippen molar-refractivity contribution in [3.8, 4) is 23.0 Å². The smallest absolute Gasteiger partial charge is 0.272 e. The number of pyridine rings is 1. The molecule has 0 radical (unpaired) electrons. The molecular weight excluding hydrogens is 456 g/mol. The van der Waals surface area contributed by atoms with E-state index in [1.165, 1.54) is 12.1 Å². The summed E-state index contributed by atoms with van der Waals surface area (Å²) < 4.78 is 1.61. The number of carbonyl (C=O) groups excluding carboxylic acids is 1. The van der Waals surface area contributed by atoms with Crippen molar-refractivity contribution in [1.29, 1.82) is 5.26 Å². The fourth-order valence-electron chi connectivity index (χ4n) is 3.97. The SMILES string of the molecule is Cc1ccc(-n2nc(-c3ccc([N+](=O)[O-])cc3)cc2C(=O)N(CCC#N)Cc2cccnc2)c(C)c1. The number of carbonyl (C=O) groups is 1. The molecule has 0 N–H and O–H groups in total. The summed E-state index contributed by atoms with van der Waals surface area (Å²) >= 11 is 0. The minimum atomic E-state index is -0.460. The lowest BCUT2D eigenvalue weighted by atomic mass is 10.1. The third-order valence-electron chi connectivity index (χ3n) is 5.76. The molecule has 2 heterocycles. The number of benzene rings is 2. The number of nitro groups is 1. The average Bonchev–Trinajstić information content (AvgIpc) is 3.32. The zero-order valence-corrected chi connectivity index (χ0v) is 20.0. The number of aryl methyl sites for hydroxylation is 2. The van der Waals surface area contributed by atoms with E-state index in [-0.39, 0.29) is 24.6 Å². The molecule has 36 heavy (non-hydrogen) atoms. The molecule has 0 aliphatic heterocycles. The Hall–Kier alpha value is -4.84. The first-order chi connectivity index (χ1) is 17.4. The van der Waals surface area contributed by atoms with Gasteiger partial charge >= 0.3 is 0 Å². The molecule has 4 aromatic rings. The largest absolute Gasteiger partial charge is 0.332 e. The predicted octanol–water partition coefficient (Wildman–Crippen LogP) is 5.02. The molecule has 2 aromatic carbocycles. The van der Waals surface area contributed by atoms with Gasteiger partial charge in [0.2, 0.25) is 0 Å². The molecule has 0 spiro atoms. The summed E-state index contributed by atoms with van der Waals surface area (Å²) in [5.74, 6) is -0.283. The first-order valence-corrected chi connectivity index (χ1v) is 11.3. The van der Waals surface area contributed by atoms with Crippen LogP contribution in [-0.4, -0.2) is 37.0 Å². The third-order valence-corrected chi connectivity index (χ3v) is 5.76. The van der Waals surface area contributed by atoms with Crippen LogP contribution < -0.4 is 0 Å². The summed E-state index contributed by atoms with van der Waals surface area (Å²) in [6, 6.07) is 19.4. The van der Waals surface area contributed by atoms with E-state index in [2.05, 4.69) is 11.1 Å². The molecule has 0 bridgehead atoms. The average molecular weight is 481 g/mol. The van der Waals surface area contributed by atoms with E-state index >= 15 is 0 Å². The number of non-ortho nitro benzene ring substituents is 1. The minimum Gasteiger partial charge on any atom is -0.332 e. The van der Waals surface area contributed by atoms with Gasteiger partial charge in [-0.15, -0.1) is 0 Å². The molecule has 0 aliphatic rings. The van der Waals surface area contributed by atoms with Crippen LogP contribution in [0.15, 0.2) is 73.1 Å². The highest BCUT2D eigenvalue weighted by Gasteiger charge is 2.24. The molecule has 9 heteroatoms. The lowest BCUT2D eigenvalue weighted by molar-refractivity contribution is -0.384. The number of hydrogen-bond donors (Lipinski definition) is 0. The standard InChI is InChI=1S/C27H24N6O3/c1-19-6-11-25(20(2)15-19)32-26(16-24(30-32)22-7-9-23(10-8-22)33(35)36)27(34)31(14-4-12-28)18-21-5-3-13-29-17-21/h3,5-11,13,15-17H,4,14,18H2,1-2H3. The quantitative estimate of drug-likeness (QED) is 0.258. The summed E-state index contributed by atoms with van der Waals surface area (Å²) in [5.41, 5.74) is 5.08. The van der Waals surface area contributed by atoms with Crippen molar-refractivity contribution in [3.05, 3.63) is 106 Å². The Labute approximate surface area is 208 Å². The topological polar surface area (TPSA) is 118 Å². The van der Waals surface area contributed by atoms with Crippen molar-refractivity contribution in [2.24, 2.45) is 0 Å². The van der Waals surface area contributed by atoms with Gasteiger partial charge in [0.1, 0.15) is 5.69 Å². The van der Waals surface area contributed by atoms with Crippen molar-refractivity contribution in [2.75, 3.05) is 6.54 Å². The molecule has 9 nitrogen and oxygen atoms in total. The molecule has 0 unspecified atom stereocenters. The number of nitrogens with zero attached hydrogens (tertiary/aromatic N) is 6. The van der Waals surface area contributed by atoms with E-state index in [4.69, 9.17) is 5.10 Å². The van der Waals surface area contributed by atoms with Crippen LogP contribution in [0.2, 0.25) is 0 Å². The Balaban J connectivity index is 1.80. The van der Waals surface area contributed by atoms with E-state index in [9.17, 15) is 20.2 Å². The van der Waals surface area contributed by atoms with E-state index in [0.29, 0.717) is 23.5 Å².